The van der Waals surface area contributed by atoms with Crippen LogP contribution in [-0.2, 0) is 28.5 Å². The van der Waals surface area contributed by atoms with Crippen LogP contribution >= 0.6 is 0 Å². The zero-order valence-electron chi connectivity index (χ0n) is 19.5. The van der Waals surface area contributed by atoms with Gasteiger partial charge in [-0.1, -0.05) is 37.6 Å². The van der Waals surface area contributed by atoms with Crippen LogP contribution in [0.5, 0.6) is 0 Å². The monoisotopic (exact) mass is 458 g/mol. The van der Waals surface area contributed by atoms with Crippen molar-refractivity contribution in [1.82, 2.24) is 0 Å². The van der Waals surface area contributed by atoms with E-state index in [1.165, 1.54) is 6.92 Å². The lowest BCUT2D eigenvalue weighted by molar-refractivity contribution is -0.304. The number of ether oxygens (including phenoxy) is 4. The van der Waals surface area contributed by atoms with Gasteiger partial charge in [0, 0.05) is 6.92 Å². The number of aliphatic hydroxyl groups is 3. The number of carbonyl (C=O) groups excluding carboxylic acids is 2. The van der Waals surface area contributed by atoms with E-state index in [4.69, 9.17) is 24.1 Å². The molecule has 0 amide bonds. The second-order valence-corrected chi connectivity index (χ2v) is 8.16. The maximum absolute atomic E-state index is 12.2. The molecule has 0 saturated carbocycles. The molecule has 0 aromatic carbocycles. The minimum atomic E-state index is -1.42. The standard InChI is InChI=1S/C23H38O9/c1-6-16(4)22(28)32-21-19(26)18(13-30-17(5)25)31-23(20(21)27)29-11-10-14(2)8-7-9-15(3)12-24/h9,16,18-21,23-24,26-27H,2,6-8,10-13H2,1,3-5H3. The van der Waals surface area contributed by atoms with Crippen molar-refractivity contribution in [2.75, 3.05) is 19.8 Å². The fourth-order valence-electron chi connectivity index (χ4n) is 2.96. The maximum Gasteiger partial charge on any atom is 0.309 e. The number of hydrogen-bond acceptors (Lipinski definition) is 9. The summed E-state index contributed by atoms with van der Waals surface area (Å²) >= 11 is 0. The molecule has 1 fully saturated rings. The highest BCUT2D eigenvalue weighted by Crippen LogP contribution is 2.26. The average molecular weight is 459 g/mol. The van der Waals surface area contributed by atoms with Gasteiger partial charge in [0.1, 0.15) is 24.9 Å². The second kappa shape index (κ2) is 14.4. The van der Waals surface area contributed by atoms with Crippen LogP contribution in [0.1, 0.15) is 53.4 Å². The van der Waals surface area contributed by atoms with Gasteiger partial charge in [-0.3, -0.25) is 9.59 Å². The normalized spacial score (nSPS) is 27.0. The molecule has 9 heteroatoms. The molecule has 184 valence electrons. The van der Waals surface area contributed by atoms with Crippen molar-refractivity contribution >= 4 is 11.9 Å². The summed E-state index contributed by atoms with van der Waals surface area (Å²) in [6.45, 7) is 10.5. The van der Waals surface area contributed by atoms with Crippen molar-refractivity contribution in [3.63, 3.8) is 0 Å². The van der Waals surface area contributed by atoms with Crippen LogP contribution in [0.4, 0.5) is 0 Å². The van der Waals surface area contributed by atoms with Crippen molar-refractivity contribution in [1.29, 1.82) is 0 Å². The third kappa shape index (κ3) is 9.38. The molecule has 0 bridgehead atoms. The van der Waals surface area contributed by atoms with E-state index >= 15 is 0 Å². The van der Waals surface area contributed by atoms with Crippen molar-refractivity contribution in [3.05, 3.63) is 23.8 Å². The van der Waals surface area contributed by atoms with Gasteiger partial charge in [-0.25, -0.2) is 0 Å². The largest absolute Gasteiger partial charge is 0.463 e. The zero-order valence-corrected chi connectivity index (χ0v) is 19.5. The molecule has 1 aliphatic heterocycles. The molecule has 1 rings (SSSR count). The van der Waals surface area contributed by atoms with E-state index in [1.807, 2.05) is 19.9 Å². The van der Waals surface area contributed by atoms with Gasteiger partial charge in [-0.05, 0) is 32.6 Å². The second-order valence-electron chi connectivity index (χ2n) is 8.16. The molecule has 6 unspecified atom stereocenters. The van der Waals surface area contributed by atoms with Crippen LogP contribution in [-0.4, -0.2) is 77.8 Å². The van der Waals surface area contributed by atoms with Crippen LogP contribution in [0, 0.1) is 5.92 Å². The summed E-state index contributed by atoms with van der Waals surface area (Å²) in [6.07, 6.45) is -1.86. The molecule has 6 atom stereocenters. The number of aliphatic hydroxyl groups excluding tert-OH is 3. The van der Waals surface area contributed by atoms with E-state index in [1.54, 1.807) is 6.92 Å². The molecule has 1 saturated heterocycles. The van der Waals surface area contributed by atoms with Gasteiger partial charge in [0.2, 0.25) is 0 Å². The Labute approximate surface area is 190 Å². The predicted octanol–water partition coefficient (Wildman–Crippen LogP) is 1.64. The van der Waals surface area contributed by atoms with E-state index in [2.05, 4.69) is 6.58 Å². The van der Waals surface area contributed by atoms with Crippen LogP contribution in [0.25, 0.3) is 0 Å². The van der Waals surface area contributed by atoms with Gasteiger partial charge >= 0.3 is 11.9 Å². The van der Waals surface area contributed by atoms with E-state index in [-0.39, 0.29) is 19.8 Å². The SMILES string of the molecule is C=C(CCC=C(C)CO)CCOC1OC(COC(C)=O)C(O)C(OC(=O)C(C)CC)C1O. The number of esters is 2. The summed E-state index contributed by atoms with van der Waals surface area (Å²) in [6, 6.07) is 0. The summed E-state index contributed by atoms with van der Waals surface area (Å²) in [4.78, 5) is 23.4. The zero-order chi connectivity index (χ0) is 24.3. The molecule has 32 heavy (non-hydrogen) atoms. The summed E-state index contributed by atoms with van der Waals surface area (Å²) in [7, 11) is 0. The van der Waals surface area contributed by atoms with E-state index in [0.29, 0.717) is 12.8 Å². The molecule has 0 aromatic heterocycles. The minimum Gasteiger partial charge on any atom is -0.463 e. The number of hydrogen-bond donors (Lipinski definition) is 3. The lowest BCUT2D eigenvalue weighted by atomic mass is 9.98. The fourth-order valence-corrected chi connectivity index (χ4v) is 2.96. The predicted molar refractivity (Wildman–Crippen MR) is 116 cm³/mol. The fraction of sp³-hybridized carbons (Fsp3) is 0.739. The Morgan fingerprint density at radius 3 is 2.47 bits per heavy atom. The average Bonchev–Trinajstić information content (AvgIpc) is 2.76. The van der Waals surface area contributed by atoms with Crippen molar-refractivity contribution in [2.24, 2.45) is 5.92 Å². The lowest BCUT2D eigenvalue weighted by Crippen LogP contribution is -2.61. The molecule has 1 aliphatic rings. The molecule has 9 nitrogen and oxygen atoms in total. The molecule has 0 aliphatic carbocycles. The van der Waals surface area contributed by atoms with Crippen LogP contribution in [0.2, 0.25) is 0 Å². The van der Waals surface area contributed by atoms with Gasteiger partial charge in [-0.15, -0.1) is 0 Å². The number of carbonyl (C=O) groups is 2. The smallest absolute Gasteiger partial charge is 0.309 e. The Kier molecular flexibility index (Phi) is 12.7. The summed E-state index contributed by atoms with van der Waals surface area (Å²) < 4.78 is 21.6. The summed E-state index contributed by atoms with van der Waals surface area (Å²) in [5, 5.41) is 30.2. The maximum atomic E-state index is 12.2. The first kappa shape index (κ1) is 28.3. The first-order valence-electron chi connectivity index (χ1n) is 11.0. The molecular weight excluding hydrogens is 420 g/mol. The van der Waals surface area contributed by atoms with Crippen molar-refractivity contribution in [3.8, 4) is 0 Å². The number of allylic oxidation sites excluding steroid dienone is 1. The Hall–Kier alpha value is -1.78. The quantitative estimate of drug-likeness (QED) is 0.278. The van der Waals surface area contributed by atoms with Crippen molar-refractivity contribution in [2.45, 2.75) is 84.1 Å². The molecular formula is C23H38O9. The topological polar surface area (TPSA) is 132 Å². The minimum absolute atomic E-state index is 0.0234. The Morgan fingerprint density at radius 2 is 1.88 bits per heavy atom. The highest BCUT2D eigenvalue weighted by molar-refractivity contribution is 5.72. The van der Waals surface area contributed by atoms with Gasteiger partial charge in [-0.2, -0.15) is 0 Å². The molecule has 3 N–H and O–H groups in total. The highest BCUT2D eigenvalue weighted by Gasteiger charge is 2.48. The van der Waals surface area contributed by atoms with Crippen LogP contribution in [0.3, 0.4) is 0 Å². The molecule has 0 aromatic rings. The van der Waals surface area contributed by atoms with Crippen molar-refractivity contribution < 1.29 is 43.9 Å². The third-order valence-corrected chi connectivity index (χ3v) is 5.34. The Bertz CT molecular complexity index is 645. The highest BCUT2D eigenvalue weighted by atomic mass is 16.7. The molecule has 0 spiro atoms. The van der Waals surface area contributed by atoms with Crippen LogP contribution < -0.4 is 0 Å². The van der Waals surface area contributed by atoms with E-state index < -0.39 is 48.6 Å². The summed E-state index contributed by atoms with van der Waals surface area (Å²) in [5.41, 5.74) is 1.82. The first-order chi connectivity index (χ1) is 15.1. The van der Waals surface area contributed by atoms with Crippen LogP contribution in [0.15, 0.2) is 23.8 Å². The Morgan fingerprint density at radius 1 is 1.19 bits per heavy atom. The molecule has 0 radical (unpaired) electrons. The van der Waals surface area contributed by atoms with Gasteiger partial charge < -0.3 is 34.3 Å². The molecule has 1 heterocycles. The van der Waals surface area contributed by atoms with E-state index in [9.17, 15) is 19.8 Å². The van der Waals surface area contributed by atoms with E-state index in [0.717, 1.165) is 24.0 Å². The first-order valence-corrected chi connectivity index (χ1v) is 11.0. The lowest BCUT2D eigenvalue weighted by Gasteiger charge is -2.41. The van der Waals surface area contributed by atoms with Gasteiger partial charge in [0.05, 0.1) is 19.1 Å². The number of rotatable bonds is 13. The van der Waals surface area contributed by atoms with Gasteiger partial charge in [0.25, 0.3) is 0 Å². The Balaban J connectivity index is 2.73. The summed E-state index contributed by atoms with van der Waals surface area (Å²) in [5.74, 6) is -1.52. The van der Waals surface area contributed by atoms with Gasteiger partial charge in [0.15, 0.2) is 12.4 Å². The third-order valence-electron chi connectivity index (χ3n) is 5.34.